The van der Waals surface area contributed by atoms with Crippen molar-refractivity contribution in [1.82, 2.24) is 10.2 Å². The first-order valence-electron chi connectivity index (χ1n) is 9.27. The monoisotopic (exact) mass is 408 g/mol. The minimum Gasteiger partial charge on any atom is -0.490 e. The number of ether oxygens (including phenoxy) is 3. The molecule has 29 heavy (non-hydrogen) atoms. The molecule has 1 aliphatic rings. The van der Waals surface area contributed by atoms with E-state index in [2.05, 4.69) is 16.3 Å². The van der Waals surface area contributed by atoms with Crippen LogP contribution in [0.15, 0.2) is 47.2 Å². The van der Waals surface area contributed by atoms with Crippen molar-refractivity contribution in [2.75, 3.05) is 13.2 Å². The van der Waals surface area contributed by atoms with Crippen LogP contribution in [0.3, 0.4) is 0 Å². The summed E-state index contributed by atoms with van der Waals surface area (Å²) in [6, 6.07) is 11.8. The van der Waals surface area contributed by atoms with Crippen LogP contribution in [0.5, 0.6) is 17.4 Å². The molecule has 1 atom stereocenters. The fourth-order valence-electron chi connectivity index (χ4n) is 3.43. The quantitative estimate of drug-likeness (QED) is 0.634. The Morgan fingerprint density at radius 1 is 1.24 bits per heavy atom. The molecule has 4 rings (SSSR count). The maximum Gasteiger partial charge on any atom is 0.244 e. The molecule has 8 heteroatoms. The summed E-state index contributed by atoms with van der Waals surface area (Å²) in [4.78, 5) is 1.00. The summed E-state index contributed by atoms with van der Waals surface area (Å²) in [6.45, 7) is 4.86. The highest BCUT2D eigenvalue weighted by Gasteiger charge is 2.36. The van der Waals surface area contributed by atoms with Crippen LogP contribution in [0.4, 0.5) is 0 Å². The van der Waals surface area contributed by atoms with Gasteiger partial charge < -0.3 is 19.9 Å². The molecular weight excluding hydrogens is 388 g/mol. The Morgan fingerprint density at radius 2 is 2.03 bits per heavy atom. The minimum absolute atomic E-state index is 0.0566. The first kappa shape index (κ1) is 18.9. The molecular formula is C21H20N4O3S. The van der Waals surface area contributed by atoms with E-state index < -0.39 is 5.92 Å². The molecule has 0 aliphatic carbocycles. The van der Waals surface area contributed by atoms with Crippen molar-refractivity contribution in [1.29, 1.82) is 5.26 Å². The summed E-state index contributed by atoms with van der Waals surface area (Å²) in [5.74, 6) is 1.28. The van der Waals surface area contributed by atoms with Gasteiger partial charge in [0.1, 0.15) is 11.6 Å². The minimum atomic E-state index is -0.436. The maximum atomic E-state index is 9.84. The number of aromatic amines is 1. The molecule has 3 N–H and O–H groups in total. The van der Waals surface area contributed by atoms with Crippen LogP contribution in [0, 0.1) is 11.3 Å². The first-order valence-corrected chi connectivity index (χ1v) is 10.1. The number of nitrogens with zero attached hydrogens (tertiary/aromatic N) is 2. The lowest BCUT2D eigenvalue weighted by atomic mass is 9.83. The molecule has 0 bridgehead atoms. The van der Waals surface area contributed by atoms with Gasteiger partial charge in [-0.05, 0) is 43.0 Å². The van der Waals surface area contributed by atoms with Gasteiger partial charge in [-0.15, -0.1) is 16.4 Å². The van der Waals surface area contributed by atoms with Gasteiger partial charge in [0, 0.05) is 0 Å². The third-order valence-corrected chi connectivity index (χ3v) is 5.49. The van der Waals surface area contributed by atoms with Crippen molar-refractivity contribution in [3.05, 3.63) is 58.3 Å². The largest absolute Gasteiger partial charge is 0.490 e. The van der Waals surface area contributed by atoms with E-state index in [-0.39, 0.29) is 5.88 Å². The fraction of sp³-hybridized carbons (Fsp3) is 0.238. The van der Waals surface area contributed by atoms with Gasteiger partial charge in [-0.25, -0.2) is 0 Å². The van der Waals surface area contributed by atoms with Crippen LogP contribution in [0.1, 0.15) is 30.9 Å². The highest BCUT2D eigenvalue weighted by molar-refractivity contribution is 7.13. The number of rotatable bonds is 6. The second kappa shape index (κ2) is 7.89. The second-order valence-electron chi connectivity index (χ2n) is 6.29. The molecule has 0 unspecified atom stereocenters. The molecule has 1 aliphatic heterocycles. The molecule has 0 spiro atoms. The molecule has 3 heterocycles. The number of nitrogens with one attached hydrogen (secondary N) is 1. The van der Waals surface area contributed by atoms with Gasteiger partial charge in [0.15, 0.2) is 11.5 Å². The number of nitrogens with two attached hydrogens (primary N) is 1. The van der Waals surface area contributed by atoms with E-state index in [9.17, 15) is 5.26 Å². The Morgan fingerprint density at radius 3 is 2.72 bits per heavy atom. The lowest BCUT2D eigenvalue weighted by Gasteiger charge is -2.24. The van der Waals surface area contributed by atoms with E-state index in [0.717, 1.165) is 21.7 Å². The smallest absolute Gasteiger partial charge is 0.244 e. The number of benzene rings is 1. The number of H-pyrrole nitrogens is 1. The van der Waals surface area contributed by atoms with Crippen molar-refractivity contribution in [2.45, 2.75) is 19.8 Å². The zero-order valence-electron chi connectivity index (χ0n) is 16.1. The van der Waals surface area contributed by atoms with Gasteiger partial charge in [-0.1, -0.05) is 12.1 Å². The highest BCUT2D eigenvalue weighted by Crippen LogP contribution is 2.47. The van der Waals surface area contributed by atoms with E-state index in [1.165, 1.54) is 0 Å². The number of hydrogen-bond acceptors (Lipinski definition) is 7. The molecule has 7 nitrogen and oxygen atoms in total. The van der Waals surface area contributed by atoms with Gasteiger partial charge in [-0.2, -0.15) is 5.26 Å². The van der Waals surface area contributed by atoms with Crippen LogP contribution in [-0.2, 0) is 0 Å². The number of nitriles is 1. The van der Waals surface area contributed by atoms with Crippen LogP contribution < -0.4 is 19.9 Å². The van der Waals surface area contributed by atoms with E-state index in [1.54, 1.807) is 11.3 Å². The first-order chi connectivity index (χ1) is 14.2. The zero-order valence-corrected chi connectivity index (χ0v) is 16.9. The molecule has 0 saturated carbocycles. The fourth-order valence-corrected chi connectivity index (χ4v) is 4.17. The summed E-state index contributed by atoms with van der Waals surface area (Å²) in [5.41, 5.74) is 8.84. The van der Waals surface area contributed by atoms with E-state index in [1.807, 2.05) is 49.6 Å². The summed E-state index contributed by atoms with van der Waals surface area (Å²) >= 11 is 1.58. The normalized spacial score (nSPS) is 15.4. The van der Waals surface area contributed by atoms with Gasteiger partial charge in [0.25, 0.3) is 0 Å². The Hall–Kier alpha value is -3.44. The van der Waals surface area contributed by atoms with Crippen molar-refractivity contribution in [3.8, 4) is 34.0 Å². The van der Waals surface area contributed by atoms with Gasteiger partial charge >= 0.3 is 0 Å². The van der Waals surface area contributed by atoms with E-state index in [0.29, 0.717) is 36.2 Å². The van der Waals surface area contributed by atoms with Crippen LogP contribution in [0.2, 0.25) is 0 Å². The second-order valence-corrected chi connectivity index (χ2v) is 7.24. The standard InChI is InChI=1S/C21H20N4O3S/c1-3-26-14-8-7-12(10-15(14)27-4-2)17-13(11-22)20(23)28-21-18(17)19(24-25-21)16-6-5-9-29-16/h5-10,17H,3-4,23H2,1-2H3,(H,24,25)/t17-/m0/s1. The van der Waals surface area contributed by atoms with Crippen LogP contribution in [0.25, 0.3) is 10.6 Å². The van der Waals surface area contributed by atoms with Gasteiger partial charge in [-0.3, -0.25) is 5.10 Å². The number of allylic oxidation sites excluding steroid dienone is 1. The Labute approximate surface area is 172 Å². The van der Waals surface area contributed by atoms with Gasteiger partial charge in [0.05, 0.1) is 35.3 Å². The maximum absolute atomic E-state index is 9.84. The number of fused-ring (bicyclic) bond motifs is 1. The summed E-state index contributed by atoms with van der Waals surface area (Å²) in [7, 11) is 0. The molecule has 148 valence electrons. The Balaban J connectivity index is 1.90. The third-order valence-electron chi connectivity index (χ3n) is 4.61. The predicted octanol–water partition coefficient (Wildman–Crippen LogP) is 4.15. The Bertz CT molecular complexity index is 1100. The summed E-state index contributed by atoms with van der Waals surface area (Å²) in [6.07, 6.45) is 0. The van der Waals surface area contributed by atoms with E-state index in [4.69, 9.17) is 19.9 Å². The van der Waals surface area contributed by atoms with Crippen molar-refractivity contribution in [2.24, 2.45) is 5.73 Å². The van der Waals surface area contributed by atoms with Crippen molar-refractivity contribution < 1.29 is 14.2 Å². The van der Waals surface area contributed by atoms with E-state index >= 15 is 0 Å². The molecule has 0 amide bonds. The molecule has 1 aromatic carbocycles. The lowest BCUT2D eigenvalue weighted by molar-refractivity contribution is 0.287. The third kappa shape index (κ3) is 3.30. The molecule has 0 saturated heterocycles. The summed E-state index contributed by atoms with van der Waals surface area (Å²) in [5, 5.41) is 19.2. The Kier molecular flexibility index (Phi) is 5.14. The number of hydrogen-bond donors (Lipinski definition) is 2. The lowest BCUT2D eigenvalue weighted by Crippen LogP contribution is -2.21. The average molecular weight is 408 g/mol. The van der Waals surface area contributed by atoms with Crippen LogP contribution in [-0.4, -0.2) is 23.4 Å². The summed E-state index contributed by atoms with van der Waals surface area (Å²) < 4.78 is 17.1. The van der Waals surface area contributed by atoms with Crippen LogP contribution >= 0.6 is 11.3 Å². The average Bonchev–Trinajstić information content (AvgIpc) is 3.38. The molecule has 0 radical (unpaired) electrons. The predicted molar refractivity (Wildman–Crippen MR) is 110 cm³/mol. The molecule has 0 fully saturated rings. The zero-order chi connectivity index (χ0) is 20.4. The van der Waals surface area contributed by atoms with Crippen molar-refractivity contribution >= 4 is 11.3 Å². The molecule has 3 aromatic rings. The highest BCUT2D eigenvalue weighted by atomic mass is 32.1. The number of thiophene rings is 1. The number of aromatic nitrogens is 2. The molecule has 2 aromatic heterocycles. The topological polar surface area (TPSA) is 106 Å². The SMILES string of the molecule is CCOc1ccc([C@H]2C(C#N)=C(N)Oc3n[nH]c(-c4cccs4)c32)cc1OCC. The van der Waals surface area contributed by atoms with Crippen molar-refractivity contribution in [3.63, 3.8) is 0 Å². The van der Waals surface area contributed by atoms with Gasteiger partial charge in [0.2, 0.25) is 11.8 Å².